The van der Waals surface area contributed by atoms with Crippen LogP contribution in [0, 0.1) is 19.3 Å². The minimum atomic E-state index is -4.27. The largest absolute Gasteiger partial charge is 0.744 e. The highest BCUT2D eigenvalue weighted by Gasteiger charge is 2.64. The van der Waals surface area contributed by atoms with Gasteiger partial charge in [-0.15, -0.1) is 0 Å². The molecule has 1 aromatic carbocycles. The Labute approximate surface area is 171 Å². The molecule has 3 aliphatic heterocycles. The lowest BCUT2D eigenvalue weighted by atomic mass is 9.67. The van der Waals surface area contributed by atoms with Crippen LogP contribution >= 0.6 is 0 Å². The van der Waals surface area contributed by atoms with Gasteiger partial charge in [0.2, 0.25) is 11.7 Å². The standard InChI is InChI=1S/C14H18NO3.C7H8O3S/c16-12-7-9-3-1-2-5-14(9)10-8-13(17)18-11(10)4-6-15(12)14;1-6-2-4-7(5-3-6)11(8,9)10/h8-9,13,17H,1-7H2;2-5H,1H3,(H,8,9,10)/q+1;/p-1/t9-,13-,14-;/m0./s1. The third-order valence-electron chi connectivity index (χ3n) is 6.45. The summed E-state index contributed by atoms with van der Waals surface area (Å²) in [5.41, 5.74) is 1.91. The normalized spacial score (nSPS) is 30.4. The predicted octanol–water partition coefficient (Wildman–Crippen LogP) is 2.26. The van der Waals surface area contributed by atoms with Crippen molar-refractivity contribution in [3.05, 3.63) is 47.6 Å². The molecule has 1 aliphatic carbocycles. The van der Waals surface area contributed by atoms with Gasteiger partial charge >= 0.3 is 6.29 Å². The molecule has 1 aromatic rings. The molecule has 1 amide bonds. The SMILES string of the molecule is Cc1ccc(S(=O)(=O)[O-])cc1.O=C1C[C@@H]2CCCC[C@@]23C2=C(CCN13)O[C@H](O)[CH+]2. The van der Waals surface area contributed by atoms with E-state index in [2.05, 4.69) is 4.90 Å². The van der Waals surface area contributed by atoms with E-state index in [1.54, 1.807) is 12.1 Å². The van der Waals surface area contributed by atoms with Crippen molar-refractivity contribution < 1.29 is 27.6 Å². The number of hydrogen-bond acceptors (Lipinski definition) is 6. The summed E-state index contributed by atoms with van der Waals surface area (Å²) in [5, 5.41) is 9.71. The maximum atomic E-state index is 12.2. The van der Waals surface area contributed by atoms with Crippen LogP contribution in [0.3, 0.4) is 0 Å². The quantitative estimate of drug-likeness (QED) is 0.553. The van der Waals surface area contributed by atoms with Crippen molar-refractivity contribution in [1.82, 2.24) is 4.90 Å². The molecule has 0 unspecified atom stereocenters. The summed E-state index contributed by atoms with van der Waals surface area (Å²) < 4.78 is 36.7. The average Bonchev–Trinajstić information content (AvgIpc) is 3.18. The monoisotopic (exact) mass is 419 g/mol. The third-order valence-corrected chi connectivity index (χ3v) is 7.30. The average molecular weight is 419 g/mol. The molecule has 0 radical (unpaired) electrons. The smallest absolute Gasteiger partial charge is 0.309 e. The molecule has 7 nitrogen and oxygen atoms in total. The van der Waals surface area contributed by atoms with Crippen molar-refractivity contribution in [1.29, 1.82) is 0 Å². The van der Waals surface area contributed by atoms with Gasteiger partial charge in [0.25, 0.3) is 0 Å². The molecule has 5 rings (SSSR count). The fourth-order valence-electron chi connectivity index (χ4n) is 5.20. The highest BCUT2D eigenvalue weighted by molar-refractivity contribution is 7.85. The molecule has 1 saturated heterocycles. The van der Waals surface area contributed by atoms with Crippen molar-refractivity contribution in [2.75, 3.05) is 6.54 Å². The molecule has 2 fully saturated rings. The second-order valence-corrected chi connectivity index (χ2v) is 9.53. The highest BCUT2D eigenvalue weighted by Crippen LogP contribution is 2.55. The van der Waals surface area contributed by atoms with Gasteiger partial charge in [0.15, 0.2) is 5.57 Å². The molecule has 29 heavy (non-hydrogen) atoms. The van der Waals surface area contributed by atoms with Gasteiger partial charge in [-0.25, -0.2) is 8.42 Å². The van der Waals surface area contributed by atoms with Crippen molar-refractivity contribution in [3.63, 3.8) is 0 Å². The van der Waals surface area contributed by atoms with Crippen LogP contribution in [0.4, 0.5) is 0 Å². The summed E-state index contributed by atoms with van der Waals surface area (Å²) in [6, 6.07) is 5.78. The van der Waals surface area contributed by atoms with Gasteiger partial charge in [-0.1, -0.05) is 30.5 Å². The minimum absolute atomic E-state index is 0.138. The zero-order chi connectivity index (χ0) is 20.8. The molecule has 156 valence electrons. The van der Waals surface area contributed by atoms with E-state index in [1.807, 2.05) is 13.3 Å². The molecule has 0 aromatic heterocycles. The van der Waals surface area contributed by atoms with Crippen molar-refractivity contribution >= 4 is 16.0 Å². The van der Waals surface area contributed by atoms with E-state index in [4.69, 9.17) is 4.74 Å². The van der Waals surface area contributed by atoms with E-state index >= 15 is 0 Å². The molecule has 0 bridgehead atoms. The summed E-state index contributed by atoms with van der Waals surface area (Å²) in [4.78, 5) is 14.1. The van der Waals surface area contributed by atoms with E-state index in [0.717, 1.165) is 42.7 Å². The molecule has 3 heterocycles. The number of hydrogen-bond donors (Lipinski definition) is 1. The number of amides is 1. The Hall–Kier alpha value is -2.03. The van der Waals surface area contributed by atoms with Gasteiger partial charge in [-0.2, -0.15) is 0 Å². The summed E-state index contributed by atoms with van der Waals surface area (Å²) in [7, 11) is -4.27. The molecule has 1 saturated carbocycles. The van der Waals surface area contributed by atoms with Gasteiger partial charge in [0, 0.05) is 13.0 Å². The Balaban J connectivity index is 0.000000161. The maximum absolute atomic E-state index is 12.2. The lowest BCUT2D eigenvalue weighted by molar-refractivity contribution is -0.131. The number of aryl methyl sites for hydroxylation is 1. The third kappa shape index (κ3) is 3.53. The number of aliphatic hydroxyl groups excluding tert-OH is 1. The number of aliphatic hydroxyl groups is 1. The topological polar surface area (TPSA) is 107 Å². The number of rotatable bonds is 1. The van der Waals surface area contributed by atoms with Gasteiger partial charge in [0.05, 0.1) is 11.3 Å². The minimum Gasteiger partial charge on any atom is -0.744 e. The number of carbonyl (C=O) groups excluding carboxylic acids is 1. The molecule has 3 atom stereocenters. The zero-order valence-corrected chi connectivity index (χ0v) is 17.2. The van der Waals surface area contributed by atoms with Crippen LogP contribution in [0.1, 0.15) is 44.1 Å². The summed E-state index contributed by atoms with van der Waals surface area (Å²) in [5.74, 6) is 1.65. The van der Waals surface area contributed by atoms with Crippen LogP contribution in [0.5, 0.6) is 0 Å². The van der Waals surface area contributed by atoms with Crippen LogP contribution in [-0.4, -0.2) is 47.3 Å². The Morgan fingerprint density at radius 2 is 2.00 bits per heavy atom. The van der Waals surface area contributed by atoms with Gasteiger partial charge < -0.3 is 19.3 Å². The van der Waals surface area contributed by atoms with Crippen molar-refractivity contribution in [3.8, 4) is 0 Å². The van der Waals surface area contributed by atoms with E-state index in [-0.39, 0.29) is 10.4 Å². The first kappa shape index (κ1) is 20.3. The molecule has 1 N–H and O–H groups in total. The number of carbonyl (C=O) groups is 1. The Bertz CT molecular complexity index is 938. The number of nitrogens with zero attached hydrogens (tertiary/aromatic N) is 1. The molecule has 8 heteroatoms. The summed E-state index contributed by atoms with van der Waals surface area (Å²) >= 11 is 0. The molecular formula is C21H25NO6S. The van der Waals surface area contributed by atoms with E-state index in [9.17, 15) is 22.9 Å². The fraction of sp³-hybridized carbons (Fsp3) is 0.524. The Morgan fingerprint density at radius 3 is 2.69 bits per heavy atom. The van der Waals surface area contributed by atoms with Crippen LogP contribution in [0.25, 0.3) is 0 Å². The lowest BCUT2D eigenvalue weighted by Gasteiger charge is -2.44. The van der Waals surface area contributed by atoms with E-state index in [1.165, 1.54) is 25.0 Å². The van der Waals surface area contributed by atoms with Gasteiger partial charge in [-0.3, -0.25) is 4.79 Å². The first-order chi connectivity index (χ1) is 13.7. The fourth-order valence-corrected chi connectivity index (χ4v) is 5.67. The first-order valence-corrected chi connectivity index (χ1v) is 11.4. The Kier molecular flexibility index (Phi) is 5.13. The molecule has 4 aliphatic rings. The summed E-state index contributed by atoms with van der Waals surface area (Å²) in [6.07, 6.45) is 7.02. The van der Waals surface area contributed by atoms with Gasteiger partial charge in [-0.05, 0) is 37.8 Å². The van der Waals surface area contributed by atoms with Crippen LogP contribution in [-0.2, 0) is 19.6 Å². The molecular weight excluding hydrogens is 394 g/mol. The second-order valence-electron chi connectivity index (χ2n) is 8.15. The summed E-state index contributed by atoms with van der Waals surface area (Å²) in [6.45, 7) is 2.58. The van der Waals surface area contributed by atoms with Crippen molar-refractivity contribution in [2.45, 2.75) is 62.2 Å². The van der Waals surface area contributed by atoms with Crippen LogP contribution in [0.2, 0.25) is 0 Å². The van der Waals surface area contributed by atoms with Crippen molar-refractivity contribution in [2.24, 2.45) is 5.92 Å². The molecule has 1 spiro atoms. The van der Waals surface area contributed by atoms with Gasteiger partial charge in [0.1, 0.15) is 22.1 Å². The first-order valence-electron chi connectivity index (χ1n) is 9.98. The lowest BCUT2D eigenvalue weighted by Crippen LogP contribution is -2.54. The van der Waals surface area contributed by atoms with E-state index in [0.29, 0.717) is 18.2 Å². The zero-order valence-electron chi connectivity index (χ0n) is 16.3. The van der Waals surface area contributed by atoms with E-state index < -0.39 is 16.4 Å². The predicted molar refractivity (Wildman–Crippen MR) is 103 cm³/mol. The Morgan fingerprint density at radius 1 is 1.28 bits per heavy atom. The maximum Gasteiger partial charge on any atom is 0.309 e. The number of ether oxygens (including phenoxy) is 1. The highest BCUT2D eigenvalue weighted by atomic mass is 32.2. The number of benzene rings is 1. The second kappa shape index (κ2) is 7.34. The van der Waals surface area contributed by atoms with Crippen LogP contribution < -0.4 is 0 Å². The van der Waals surface area contributed by atoms with Crippen LogP contribution in [0.15, 0.2) is 40.5 Å².